The minimum absolute atomic E-state index is 0.810. The average molecular weight is 283 g/mol. The van der Waals surface area contributed by atoms with Crippen LogP contribution in [0.3, 0.4) is 0 Å². The molecule has 0 saturated heterocycles. The summed E-state index contributed by atoms with van der Waals surface area (Å²) in [6, 6.07) is 16.8. The van der Waals surface area contributed by atoms with Gasteiger partial charge in [0, 0.05) is 12.2 Å². The fourth-order valence-corrected chi connectivity index (χ4v) is 2.12. The first-order valence-electron chi connectivity index (χ1n) is 7.80. The van der Waals surface area contributed by atoms with Crippen LogP contribution in [0.4, 0.5) is 5.69 Å². The van der Waals surface area contributed by atoms with Gasteiger partial charge in [-0.1, -0.05) is 49.6 Å². The molecule has 0 amide bonds. The predicted molar refractivity (Wildman–Crippen MR) is 90.0 cm³/mol. The quantitative estimate of drug-likeness (QED) is 0.674. The van der Waals surface area contributed by atoms with Crippen molar-refractivity contribution in [1.29, 1.82) is 0 Å². The van der Waals surface area contributed by atoms with E-state index in [4.69, 9.17) is 4.74 Å². The van der Waals surface area contributed by atoms with Gasteiger partial charge in [0.15, 0.2) is 0 Å². The van der Waals surface area contributed by atoms with Gasteiger partial charge in [-0.15, -0.1) is 0 Å². The smallest absolute Gasteiger partial charge is 0.119 e. The van der Waals surface area contributed by atoms with Crippen LogP contribution in [0.25, 0.3) is 0 Å². The van der Waals surface area contributed by atoms with Gasteiger partial charge >= 0.3 is 0 Å². The van der Waals surface area contributed by atoms with Gasteiger partial charge in [0.05, 0.1) is 6.61 Å². The Morgan fingerprint density at radius 2 is 1.62 bits per heavy atom. The summed E-state index contributed by atoms with van der Waals surface area (Å²) in [5.74, 6) is 0.951. The molecular formula is C19H25NO. The fourth-order valence-electron chi connectivity index (χ4n) is 2.12. The van der Waals surface area contributed by atoms with Gasteiger partial charge in [0.2, 0.25) is 0 Å². The van der Waals surface area contributed by atoms with E-state index in [0.717, 1.165) is 31.0 Å². The molecule has 0 unspecified atom stereocenters. The highest BCUT2D eigenvalue weighted by Gasteiger charge is 1.97. The van der Waals surface area contributed by atoms with Crippen molar-refractivity contribution in [2.45, 2.75) is 39.7 Å². The van der Waals surface area contributed by atoms with Crippen LogP contribution < -0.4 is 10.1 Å². The number of hydrogen-bond donors (Lipinski definition) is 1. The van der Waals surface area contributed by atoms with Crippen molar-refractivity contribution in [2.24, 2.45) is 0 Å². The lowest BCUT2D eigenvalue weighted by atomic mass is 10.1. The zero-order valence-corrected chi connectivity index (χ0v) is 13.1. The molecule has 21 heavy (non-hydrogen) atoms. The summed E-state index contributed by atoms with van der Waals surface area (Å²) in [5.41, 5.74) is 3.71. The molecule has 0 atom stereocenters. The average Bonchev–Trinajstić information content (AvgIpc) is 2.52. The number of ether oxygens (including phenoxy) is 1. The number of nitrogens with one attached hydrogen (secondary N) is 1. The normalized spacial score (nSPS) is 10.4. The van der Waals surface area contributed by atoms with Crippen LogP contribution in [0.1, 0.15) is 37.3 Å². The van der Waals surface area contributed by atoms with E-state index in [1.165, 1.54) is 24.0 Å². The second kappa shape index (κ2) is 8.35. The summed E-state index contributed by atoms with van der Waals surface area (Å²) in [6.07, 6.45) is 3.59. The summed E-state index contributed by atoms with van der Waals surface area (Å²) in [7, 11) is 0. The molecule has 2 rings (SSSR count). The molecule has 0 aromatic heterocycles. The first-order valence-corrected chi connectivity index (χ1v) is 7.80. The third-order valence-electron chi connectivity index (χ3n) is 3.49. The van der Waals surface area contributed by atoms with E-state index in [1.807, 2.05) is 12.1 Å². The minimum Gasteiger partial charge on any atom is -0.494 e. The third-order valence-corrected chi connectivity index (χ3v) is 3.49. The Morgan fingerprint density at radius 3 is 2.29 bits per heavy atom. The molecule has 0 fully saturated rings. The lowest BCUT2D eigenvalue weighted by molar-refractivity contribution is 0.306. The molecule has 0 saturated carbocycles. The van der Waals surface area contributed by atoms with Gasteiger partial charge in [0.1, 0.15) is 5.75 Å². The third kappa shape index (κ3) is 5.50. The van der Waals surface area contributed by atoms with Crippen molar-refractivity contribution in [3.05, 3.63) is 59.7 Å². The van der Waals surface area contributed by atoms with E-state index < -0.39 is 0 Å². The monoisotopic (exact) mass is 283 g/mol. The van der Waals surface area contributed by atoms with Crippen LogP contribution in [-0.4, -0.2) is 6.61 Å². The molecule has 0 heterocycles. The number of hydrogen-bond acceptors (Lipinski definition) is 2. The van der Waals surface area contributed by atoms with E-state index in [0.29, 0.717) is 0 Å². The summed E-state index contributed by atoms with van der Waals surface area (Å²) < 4.78 is 5.71. The lowest BCUT2D eigenvalue weighted by Crippen LogP contribution is -2.00. The molecule has 0 spiro atoms. The molecule has 2 nitrogen and oxygen atoms in total. The number of benzene rings is 2. The maximum Gasteiger partial charge on any atom is 0.119 e. The highest BCUT2D eigenvalue weighted by molar-refractivity contribution is 5.46. The van der Waals surface area contributed by atoms with Gasteiger partial charge in [0.25, 0.3) is 0 Å². The molecule has 1 N–H and O–H groups in total. The van der Waals surface area contributed by atoms with Crippen LogP contribution in [0.5, 0.6) is 5.75 Å². The van der Waals surface area contributed by atoms with Crippen LogP contribution in [0, 0.1) is 6.92 Å². The molecule has 0 aliphatic rings. The Balaban J connectivity index is 1.78. The van der Waals surface area contributed by atoms with Crippen molar-refractivity contribution in [3.8, 4) is 5.75 Å². The van der Waals surface area contributed by atoms with E-state index in [-0.39, 0.29) is 0 Å². The highest BCUT2D eigenvalue weighted by atomic mass is 16.5. The Bertz CT molecular complexity index is 516. The first kappa shape index (κ1) is 15.4. The van der Waals surface area contributed by atoms with Crippen LogP contribution in [0.15, 0.2) is 48.5 Å². The summed E-state index contributed by atoms with van der Waals surface area (Å²) in [5, 5.41) is 3.43. The summed E-state index contributed by atoms with van der Waals surface area (Å²) >= 11 is 0. The Labute approximate surface area is 128 Å². The van der Waals surface area contributed by atoms with Crippen LogP contribution in [0.2, 0.25) is 0 Å². The minimum atomic E-state index is 0.810. The van der Waals surface area contributed by atoms with Gasteiger partial charge in [-0.2, -0.15) is 0 Å². The second-order valence-electron chi connectivity index (χ2n) is 5.42. The van der Waals surface area contributed by atoms with Crippen molar-refractivity contribution >= 4 is 5.69 Å². The Hall–Kier alpha value is -1.96. The predicted octanol–water partition coefficient (Wildman–Crippen LogP) is 5.18. The second-order valence-corrected chi connectivity index (χ2v) is 5.42. The van der Waals surface area contributed by atoms with Crippen molar-refractivity contribution in [1.82, 2.24) is 0 Å². The molecule has 0 radical (unpaired) electrons. The van der Waals surface area contributed by atoms with Crippen molar-refractivity contribution < 1.29 is 4.74 Å². The molecular weight excluding hydrogens is 258 g/mol. The maximum atomic E-state index is 5.71. The number of aryl methyl sites for hydroxylation is 1. The first-order chi connectivity index (χ1) is 10.3. The van der Waals surface area contributed by atoms with Gasteiger partial charge < -0.3 is 10.1 Å². The molecule has 2 heteroatoms. The van der Waals surface area contributed by atoms with E-state index >= 15 is 0 Å². The molecule has 112 valence electrons. The highest BCUT2D eigenvalue weighted by Crippen LogP contribution is 2.17. The van der Waals surface area contributed by atoms with Crippen LogP contribution >= 0.6 is 0 Å². The van der Waals surface area contributed by atoms with E-state index in [9.17, 15) is 0 Å². The summed E-state index contributed by atoms with van der Waals surface area (Å²) in [6.45, 7) is 5.96. The van der Waals surface area contributed by atoms with Gasteiger partial charge in [-0.25, -0.2) is 0 Å². The topological polar surface area (TPSA) is 21.3 Å². The molecule has 0 bridgehead atoms. The Kier molecular flexibility index (Phi) is 6.14. The SMILES string of the molecule is CCCCCOc1ccc(NCc2ccc(C)cc2)cc1. The van der Waals surface area contributed by atoms with E-state index in [2.05, 4.69) is 55.6 Å². The van der Waals surface area contributed by atoms with Gasteiger partial charge in [-0.05, 0) is 43.2 Å². The largest absolute Gasteiger partial charge is 0.494 e. The molecule has 0 aliphatic heterocycles. The van der Waals surface area contributed by atoms with Crippen molar-refractivity contribution in [3.63, 3.8) is 0 Å². The molecule has 2 aromatic carbocycles. The fraction of sp³-hybridized carbons (Fsp3) is 0.368. The number of unbranched alkanes of at least 4 members (excludes halogenated alkanes) is 2. The lowest BCUT2D eigenvalue weighted by Gasteiger charge is -2.09. The standard InChI is InChI=1S/C19H25NO/c1-3-4-5-14-21-19-12-10-18(11-13-19)20-15-17-8-6-16(2)7-9-17/h6-13,20H,3-5,14-15H2,1-2H3. The molecule has 0 aliphatic carbocycles. The van der Waals surface area contributed by atoms with Crippen LogP contribution in [-0.2, 0) is 6.54 Å². The number of anilines is 1. The van der Waals surface area contributed by atoms with E-state index in [1.54, 1.807) is 0 Å². The maximum absolute atomic E-state index is 5.71. The van der Waals surface area contributed by atoms with Gasteiger partial charge in [-0.3, -0.25) is 0 Å². The number of rotatable bonds is 8. The zero-order valence-electron chi connectivity index (χ0n) is 13.1. The summed E-state index contributed by atoms with van der Waals surface area (Å²) in [4.78, 5) is 0. The van der Waals surface area contributed by atoms with Crippen molar-refractivity contribution in [2.75, 3.05) is 11.9 Å². The Morgan fingerprint density at radius 1 is 0.905 bits per heavy atom. The molecule has 2 aromatic rings. The zero-order chi connectivity index (χ0) is 14.9.